The second-order valence-electron chi connectivity index (χ2n) is 7.40. The molecule has 3 aliphatic carbocycles. The maximum atomic E-state index is 12.1. The number of para-hydroxylation sites is 2. The van der Waals surface area contributed by atoms with Gasteiger partial charge in [-0.2, -0.15) is 5.10 Å². The molecule has 2 bridgehead atoms. The Morgan fingerprint density at radius 1 is 1.46 bits per heavy atom. The van der Waals surface area contributed by atoms with E-state index in [2.05, 4.69) is 35.4 Å². The van der Waals surface area contributed by atoms with E-state index in [-0.39, 0.29) is 12.5 Å². The largest absolute Gasteiger partial charge is 0.321 e. The van der Waals surface area contributed by atoms with E-state index in [9.17, 15) is 4.79 Å². The predicted molar refractivity (Wildman–Crippen MR) is 94.4 cm³/mol. The van der Waals surface area contributed by atoms with Gasteiger partial charge in [0.1, 0.15) is 6.54 Å². The first-order valence-electron chi connectivity index (χ1n) is 8.47. The van der Waals surface area contributed by atoms with Gasteiger partial charge in [-0.3, -0.25) is 4.79 Å². The standard InChI is InChI=1S/C19H22N4O/c1-19(2)14-8-7-13(15(19)9-14)10-21-22-18(24)11-23-12-20-16-5-3-4-6-17(16)23/h3-7,10,12,14-15H,8-9,11H2,1-2H3,(H,22,24). The Labute approximate surface area is 141 Å². The van der Waals surface area contributed by atoms with E-state index < -0.39 is 0 Å². The summed E-state index contributed by atoms with van der Waals surface area (Å²) in [7, 11) is 0. The summed E-state index contributed by atoms with van der Waals surface area (Å²) in [4.78, 5) is 16.4. The molecule has 1 amide bonds. The van der Waals surface area contributed by atoms with Crippen LogP contribution in [0, 0.1) is 17.3 Å². The molecule has 124 valence electrons. The Bertz CT molecular complexity index is 846. The van der Waals surface area contributed by atoms with Crippen LogP contribution in [-0.4, -0.2) is 21.7 Å². The molecule has 1 aromatic heterocycles. The van der Waals surface area contributed by atoms with Crippen LogP contribution in [0.2, 0.25) is 0 Å². The zero-order chi connectivity index (χ0) is 16.7. The first-order valence-corrected chi connectivity index (χ1v) is 8.47. The van der Waals surface area contributed by atoms with Crippen molar-refractivity contribution in [2.24, 2.45) is 22.4 Å². The molecule has 0 spiro atoms. The fraction of sp³-hybridized carbons (Fsp3) is 0.421. The van der Waals surface area contributed by atoms with Gasteiger partial charge in [0, 0.05) is 0 Å². The van der Waals surface area contributed by atoms with Crippen LogP contribution in [0.5, 0.6) is 0 Å². The minimum absolute atomic E-state index is 0.142. The van der Waals surface area contributed by atoms with Crippen molar-refractivity contribution in [2.75, 3.05) is 0 Å². The molecule has 3 aliphatic rings. The van der Waals surface area contributed by atoms with Crippen molar-refractivity contribution in [3.05, 3.63) is 42.2 Å². The highest BCUT2D eigenvalue weighted by Crippen LogP contribution is 2.58. The number of benzene rings is 1. The molecule has 24 heavy (non-hydrogen) atoms. The molecule has 1 fully saturated rings. The quantitative estimate of drug-likeness (QED) is 0.694. The SMILES string of the molecule is CC1(C)C2CC=C(C=NNC(=O)Cn3cnc4ccccc43)C1C2. The summed E-state index contributed by atoms with van der Waals surface area (Å²) < 4.78 is 1.83. The topological polar surface area (TPSA) is 59.3 Å². The number of hydrazone groups is 1. The number of nitrogens with one attached hydrogen (secondary N) is 1. The van der Waals surface area contributed by atoms with E-state index in [0.29, 0.717) is 11.3 Å². The van der Waals surface area contributed by atoms with Crippen LogP contribution in [0.3, 0.4) is 0 Å². The predicted octanol–water partition coefficient (Wildman–Crippen LogP) is 3.13. The number of amides is 1. The van der Waals surface area contributed by atoms with Gasteiger partial charge in [-0.25, -0.2) is 10.4 Å². The summed E-state index contributed by atoms with van der Waals surface area (Å²) >= 11 is 0. The van der Waals surface area contributed by atoms with Crippen molar-refractivity contribution in [3.63, 3.8) is 0 Å². The second-order valence-corrected chi connectivity index (χ2v) is 7.40. The fourth-order valence-electron chi connectivity index (χ4n) is 4.05. The number of rotatable bonds is 4. The average Bonchev–Trinajstić information content (AvgIpc) is 2.98. The second kappa shape index (κ2) is 5.58. The van der Waals surface area contributed by atoms with Crippen molar-refractivity contribution >= 4 is 23.2 Å². The molecular formula is C19H22N4O. The van der Waals surface area contributed by atoms with Gasteiger partial charge < -0.3 is 4.57 Å². The lowest BCUT2D eigenvalue weighted by atomic mass is 9.49. The van der Waals surface area contributed by atoms with E-state index >= 15 is 0 Å². The Morgan fingerprint density at radius 2 is 2.29 bits per heavy atom. The van der Waals surface area contributed by atoms with Crippen molar-refractivity contribution in [2.45, 2.75) is 33.2 Å². The van der Waals surface area contributed by atoms with Gasteiger partial charge in [0.05, 0.1) is 23.6 Å². The van der Waals surface area contributed by atoms with Crippen LogP contribution >= 0.6 is 0 Å². The first-order chi connectivity index (χ1) is 11.6. The lowest BCUT2D eigenvalue weighted by Crippen LogP contribution is -2.48. The Morgan fingerprint density at radius 3 is 3.08 bits per heavy atom. The van der Waals surface area contributed by atoms with E-state index in [1.807, 2.05) is 35.0 Å². The molecular weight excluding hydrogens is 300 g/mol. The van der Waals surface area contributed by atoms with E-state index in [1.54, 1.807) is 6.33 Å². The molecule has 1 saturated carbocycles. The molecule has 1 aromatic carbocycles. The molecule has 5 heteroatoms. The number of allylic oxidation sites excluding steroid dienone is 2. The van der Waals surface area contributed by atoms with Gasteiger partial charge in [0.15, 0.2) is 0 Å². The zero-order valence-electron chi connectivity index (χ0n) is 14.1. The number of fused-ring (bicyclic) bond motifs is 2. The van der Waals surface area contributed by atoms with Gasteiger partial charge in [0.2, 0.25) is 0 Å². The highest BCUT2D eigenvalue weighted by Gasteiger charge is 2.50. The third-order valence-electron chi connectivity index (χ3n) is 5.76. The maximum absolute atomic E-state index is 12.1. The molecule has 1 N–H and O–H groups in total. The van der Waals surface area contributed by atoms with Gasteiger partial charge in [0.25, 0.3) is 5.91 Å². The van der Waals surface area contributed by atoms with Crippen LogP contribution in [0.4, 0.5) is 0 Å². The summed E-state index contributed by atoms with van der Waals surface area (Å²) in [6.07, 6.45) is 8.16. The van der Waals surface area contributed by atoms with Crippen LogP contribution < -0.4 is 5.43 Å². The average molecular weight is 322 g/mol. The highest BCUT2D eigenvalue weighted by molar-refractivity contribution is 5.84. The molecule has 0 saturated heterocycles. The minimum Gasteiger partial charge on any atom is -0.321 e. The zero-order valence-corrected chi connectivity index (χ0v) is 14.1. The number of hydrogen-bond acceptors (Lipinski definition) is 3. The fourth-order valence-corrected chi connectivity index (χ4v) is 4.05. The molecule has 2 atom stereocenters. The van der Waals surface area contributed by atoms with Gasteiger partial charge in [-0.1, -0.05) is 32.1 Å². The smallest absolute Gasteiger partial charge is 0.260 e. The normalized spacial score (nSPS) is 24.7. The Kier molecular flexibility index (Phi) is 3.52. The third kappa shape index (κ3) is 2.44. The van der Waals surface area contributed by atoms with Crippen molar-refractivity contribution in [1.82, 2.24) is 15.0 Å². The molecule has 5 nitrogen and oxygen atoms in total. The Hall–Kier alpha value is -2.43. The van der Waals surface area contributed by atoms with Crippen molar-refractivity contribution < 1.29 is 4.79 Å². The van der Waals surface area contributed by atoms with E-state index in [1.165, 1.54) is 12.0 Å². The summed E-state index contributed by atoms with van der Waals surface area (Å²) in [6.45, 7) is 4.87. The molecule has 5 rings (SSSR count). The number of carbonyl (C=O) groups is 1. The number of hydrogen-bond donors (Lipinski definition) is 1. The highest BCUT2D eigenvalue weighted by atomic mass is 16.2. The molecule has 0 radical (unpaired) electrons. The molecule has 1 heterocycles. The van der Waals surface area contributed by atoms with Crippen LogP contribution in [0.15, 0.2) is 47.3 Å². The Balaban J connectivity index is 1.38. The summed E-state index contributed by atoms with van der Waals surface area (Å²) in [5, 5.41) is 4.17. The summed E-state index contributed by atoms with van der Waals surface area (Å²) in [5.74, 6) is 1.25. The maximum Gasteiger partial charge on any atom is 0.260 e. The molecule has 0 aliphatic heterocycles. The van der Waals surface area contributed by atoms with E-state index in [0.717, 1.165) is 23.4 Å². The van der Waals surface area contributed by atoms with Crippen LogP contribution in [0.25, 0.3) is 11.0 Å². The van der Waals surface area contributed by atoms with Gasteiger partial charge >= 0.3 is 0 Å². The lowest BCUT2D eigenvalue weighted by Gasteiger charge is -2.55. The monoisotopic (exact) mass is 322 g/mol. The van der Waals surface area contributed by atoms with Crippen molar-refractivity contribution in [3.8, 4) is 0 Å². The minimum atomic E-state index is -0.142. The number of imidazole rings is 1. The van der Waals surface area contributed by atoms with Crippen LogP contribution in [0.1, 0.15) is 26.7 Å². The molecule has 2 unspecified atom stereocenters. The van der Waals surface area contributed by atoms with Gasteiger partial charge in [-0.05, 0) is 47.8 Å². The lowest BCUT2D eigenvalue weighted by molar-refractivity contribution is -0.121. The first kappa shape index (κ1) is 15.1. The van der Waals surface area contributed by atoms with Gasteiger partial charge in [-0.15, -0.1) is 0 Å². The number of aromatic nitrogens is 2. The number of carbonyl (C=O) groups excluding carboxylic acids is 1. The summed E-state index contributed by atoms with van der Waals surface area (Å²) in [6, 6.07) is 7.78. The van der Waals surface area contributed by atoms with E-state index in [4.69, 9.17) is 0 Å². The van der Waals surface area contributed by atoms with Crippen molar-refractivity contribution in [1.29, 1.82) is 0 Å². The molecule has 2 aromatic rings. The van der Waals surface area contributed by atoms with Crippen LogP contribution in [-0.2, 0) is 11.3 Å². The number of nitrogens with zero attached hydrogens (tertiary/aromatic N) is 3. The third-order valence-corrected chi connectivity index (χ3v) is 5.76. The summed E-state index contributed by atoms with van der Waals surface area (Å²) in [5.41, 5.74) is 6.11.